The van der Waals surface area contributed by atoms with Crippen LogP contribution in [0.25, 0.3) is 0 Å². The molecule has 2 aliphatic heterocycles. The van der Waals surface area contributed by atoms with E-state index in [-0.39, 0.29) is 30.3 Å². The normalized spacial score (nSPS) is 17.2. The summed E-state index contributed by atoms with van der Waals surface area (Å²) in [7, 11) is 0. The predicted octanol–water partition coefficient (Wildman–Crippen LogP) is 2.99. The van der Waals surface area contributed by atoms with Crippen molar-refractivity contribution in [2.24, 2.45) is 0 Å². The number of hydrogen-bond donors (Lipinski definition) is 3. The zero-order chi connectivity index (χ0) is 32.3. The zero-order valence-corrected chi connectivity index (χ0v) is 25.3. The molecule has 0 saturated carbocycles. The van der Waals surface area contributed by atoms with Crippen LogP contribution in [0.4, 0.5) is 13.2 Å². The number of fused-ring (bicyclic) bond motifs is 1. The minimum atomic E-state index is -5.08. The molecular weight excluding hydrogens is 653 g/mol. The molecule has 1 saturated heterocycles. The first-order chi connectivity index (χ1) is 20.7. The molecule has 3 aromatic rings. The third kappa shape index (κ3) is 7.27. The highest BCUT2D eigenvalue weighted by molar-refractivity contribution is 9.10. The van der Waals surface area contributed by atoms with Gasteiger partial charge >= 0.3 is 12.1 Å². The maximum absolute atomic E-state index is 13.0. The summed E-state index contributed by atoms with van der Waals surface area (Å²) in [6.45, 7) is 6.84. The van der Waals surface area contributed by atoms with Gasteiger partial charge in [-0.05, 0) is 82.4 Å². The number of carbonyl (C=O) groups excluding carboxylic acids is 3. The highest BCUT2D eigenvalue weighted by Crippen LogP contribution is 2.29. The van der Waals surface area contributed by atoms with Crippen molar-refractivity contribution >= 4 is 39.6 Å². The molecule has 1 aromatic carbocycles. The second-order valence-electron chi connectivity index (χ2n) is 10.4. The molecule has 0 radical (unpaired) electrons. The molecule has 0 spiro atoms. The summed E-state index contributed by atoms with van der Waals surface area (Å²) in [6, 6.07) is 8.63. The molecule has 1 fully saturated rings. The second-order valence-corrected chi connectivity index (χ2v) is 11.2. The van der Waals surface area contributed by atoms with Crippen molar-refractivity contribution in [2.75, 3.05) is 0 Å². The fourth-order valence-electron chi connectivity index (χ4n) is 4.84. The van der Waals surface area contributed by atoms with Gasteiger partial charge in [0.2, 0.25) is 11.8 Å². The standard InChI is InChI=1S/C25H27BrN8O3.C2HF3O2/c1-13(2)34-23(30-31-32-34)22(21-14(3)4-8-19(26)28-21)27-11-15-5-6-17-16(10-15)12-33(25(17)37)18-7-9-20(35)29-24(18)36;3-2(4,5)1(6)7/h4-6,8,10,13,18,22,27H,7,9,11-12H2,1-3H3,(H,29,35,36);(H,6,7). The average molecular weight is 681 g/mol. The van der Waals surface area contributed by atoms with Gasteiger partial charge in [0.05, 0.1) is 11.7 Å². The third-order valence-electron chi connectivity index (χ3n) is 6.98. The van der Waals surface area contributed by atoms with Gasteiger partial charge in [0.1, 0.15) is 16.7 Å². The predicted molar refractivity (Wildman–Crippen MR) is 150 cm³/mol. The van der Waals surface area contributed by atoms with Gasteiger partial charge in [-0.15, -0.1) is 5.10 Å². The number of benzene rings is 1. The van der Waals surface area contributed by atoms with Gasteiger partial charge in [0, 0.05) is 25.1 Å². The minimum absolute atomic E-state index is 0.0611. The van der Waals surface area contributed by atoms with Crippen molar-refractivity contribution in [3.63, 3.8) is 0 Å². The molecule has 3 N–H and O–H groups in total. The van der Waals surface area contributed by atoms with Crippen LogP contribution in [0, 0.1) is 6.92 Å². The van der Waals surface area contributed by atoms with Crippen molar-refractivity contribution in [3.05, 3.63) is 68.7 Å². The number of nitrogens with zero attached hydrogens (tertiary/aromatic N) is 6. The van der Waals surface area contributed by atoms with Crippen LogP contribution in [0.15, 0.2) is 34.9 Å². The number of carbonyl (C=O) groups is 4. The van der Waals surface area contributed by atoms with Gasteiger partial charge in [0.15, 0.2) is 5.82 Å². The number of hydrogen-bond acceptors (Lipinski definition) is 9. The summed E-state index contributed by atoms with van der Waals surface area (Å²) < 4.78 is 34.2. The summed E-state index contributed by atoms with van der Waals surface area (Å²) in [5, 5.41) is 25.4. The number of tetrazole rings is 1. The Kier molecular flexibility index (Phi) is 9.78. The highest BCUT2D eigenvalue weighted by atomic mass is 79.9. The van der Waals surface area contributed by atoms with Crippen LogP contribution in [0.1, 0.15) is 77.3 Å². The molecule has 0 bridgehead atoms. The maximum Gasteiger partial charge on any atom is 0.490 e. The molecular formula is C27H28BrF3N8O5. The number of nitrogens with one attached hydrogen (secondary N) is 2. The van der Waals surface area contributed by atoms with Crippen molar-refractivity contribution in [3.8, 4) is 0 Å². The van der Waals surface area contributed by atoms with Gasteiger partial charge in [-0.25, -0.2) is 14.5 Å². The van der Waals surface area contributed by atoms with Gasteiger partial charge in [-0.1, -0.05) is 18.2 Å². The van der Waals surface area contributed by atoms with Crippen LogP contribution >= 0.6 is 15.9 Å². The number of piperidine rings is 1. The van der Waals surface area contributed by atoms with Crippen molar-refractivity contribution in [2.45, 2.75) is 71.0 Å². The number of carboxylic acids is 1. The lowest BCUT2D eigenvalue weighted by Gasteiger charge is -2.29. The lowest BCUT2D eigenvalue weighted by Crippen LogP contribution is -2.52. The number of pyridine rings is 1. The molecule has 2 aromatic heterocycles. The number of amides is 3. The average Bonchev–Trinajstić information content (AvgIpc) is 3.56. The number of rotatable bonds is 7. The van der Waals surface area contributed by atoms with E-state index in [1.807, 2.05) is 45.0 Å². The van der Waals surface area contributed by atoms with Gasteiger partial charge < -0.3 is 10.0 Å². The number of halogens is 4. The molecule has 2 unspecified atom stereocenters. The molecule has 5 rings (SSSR count). The second kappa shape index (κ2) is 13.2. The number of aliphatic carboxylic acids is 1. The van der Waals surface area contributed by atoms with Gasteiger partial charge in [-0.3, -0.25) is 25.0 Å². The molecule has 3 amide bonds. The summed E-state index contributed by atoms with van der Waals surface area (Å²) in [6.07, 6.45) is -4.52. The van der Waals surface area contributed by atoms with E-state index in [9.17, 15) is 27.6 Å². The number of aryl methyl sites for hydroxylation is 1. The first-order valence-corrected chi connectivity index (χ1v) is 14.2. The first-order valence-electron chi connectivity index (χ1n) is 13.4. The van der Waals surface area contributed by atoms with Crippen LogP contribution < -0.4 is 10.6 Å². The maximum atomic E-state index is 13.0. The number of aromatic nitrogens is 5. The fraction of sp³-hybridized carbons (Fsp3) is 0.407. The number of alkyl halides is 3. The Balaban J connectivity index is 0.000000566. The van der Waals surface area contributed by atoms with Crippen LogP contribution in [-0.2, 0) is 27.5 Å². The molecule has 4 heterocycles. The van der Waals surface area contributed by atoms with E-state index in [1.165, 1.54) is 0 Å². The Hall–Kier alpha value is -4.25. The summed E-state index contributed by atoms with van der Waals surface area (Å²) >= 11 is 3.48. The van der Waals surface area contributed by atoms with E-state index in [2.05, 4.69) is 42.1 Å². The third-order valence-corrected chi connectivity index (χ3v) is 7.42. The van der Waals surface area contributed by atoms with Crippen molar-refractivity contribution in [1.29, 1.82) is 0 Å². The van der Waals surface area contributed by atoms with Crippen LogP contribution in [0.3, 0.4) is 0 Å². The molecule has 13 nitrogen and oxygen atoms in total. The Bertz CT molecular complexity index is 1600. The van der Waals surface area contributed by atoms with E-state index in [1.54, 1.807) is 15.6 Å². The Labute approximate surface area is 257 Å². The molecule has 44 heavy (non-hydrogen) atoms. The topological polar surface area (TPSA) is 172 Å². The first kappa shape index (κ1) is 32.7. The Morgan fingerprint density at radius 2 is 1.91 bits per heavy atom. The lowest BCUT2D eigenvalue weighted by molar-refractivity contribution is -0.192. The van der Waals surface area contributed by atoms with E-state index in [0.717, 1.165) is 22.4 Å². The Morgan fingerprint density at radius 3 is 2.55 bits per heavy atom. The molecule has 2 aliphatic rings. The van der Waals surface area contributed by atoms with E-state index >= 15 is 0 Å². The van der Waals surface area contributed by atoms with Gasteiger partial charge in [0.25, 0.3) is 5.91 Å². The molecule has 2 atom stereocenters. The number of imide groups is 1. The SMILES string of the molecule is Cc1ccc(Br)nc1C(NCc1ccc2c(c1)CN(C1CCC(=O)NC1=O)C2=O)c1nnnn1C(C)C.O=C(O)C(F)(F)F. The van der Waals surface area contributed by atoms with E-state index in [0.29, 0.717) is 35.5 Å². The molecule has 17 heteroatoms. The van der Waals surface area contributed by atoms with Gasteiger partial charge in [-0.2, -0.15) is 13.2 Å². The number of carboxylic acid groups (broad SMARTS) is 1. The summed E-state index contributed by atoms with van der Waals surface area (Å²) in [5.74, 6) is -3.00. The molecule has 0 aliphatic carbocycles. The Morgan fingerprint density at radius 1 is 1.20 bits per heavy atom. The largest absolute Gasteiger partial charge is 0.490 e. The summed E-state index contributed by atoms with van der Waals surface area (Å²) in [5.41, 5.74) is 4.22. The van der Waals surface area contributed by atoms with Crippen LogP contribution in [0.5, 0.6) is 0 Å². The van der Waals surface area contributed by atoms with Crippen molar-refractivity contribution < 1.29 is 37.5 Å². The zero-order valence-electron chi connectivity index (χ0n) is 23.7. The monoisotopic (exact) mass is 680 g/mol. The van der Waals surface area contributed by atoms with Crippen LogP contribution in [0.2, 0.25) is 0 Å². The fourth-order valence-corrected chi connectivity index (χ4v) is 5.16. The highest BCUT2D eigenvalue weighted by Gasteiger charge is 2.39. The molecule has 234 valence electrons. The van der Waals surface area contributed by atoms with Crippen molar-refractivity contribution in [1.82, 2.24) is 40.7 Å². The summed E-state index contributed by atoms with van der Waals surface area (Å²) in [4.78, 5) is 52.1. The van der Waals surface area contributed by atoms with Crippen LogP contribution in [-0.4, -0.2) is 71.1 Å². The lowest BCUT2D eigenvalue weighted by atomic mass is 10.0. The minimum Gasteiger partial charge on any atom is -0.475 e. The van der Waals surface area contributed by atoms with E-state index < -0.39 is 24.1 Å². The smallest absolute Gasteiger partial charge is 0.475 e. The van der Waals surface area contributed by atoms with E-state index in [4.69, 9.17) is 14.9 Å². The quantitative estimate of drug-likeness (QED) is 0.249.